The van der Waals surface area contributed by atoms with E-state index in [2.05, 4.69) is 9.26 Å². The van der Waals surface area contributed by atoms with Crippen LogP contribution < -0.4 is 0 Å². The highest BCUT2D eigenvalue weighted by atomic mass is 31.2. The maximum absolute atomic E-state index is 13.2. The fraction of sp³-hybridized carbons (Fsp3) is 1.00. The van der Waals surface area contributed by atoms with Gasteiger partial charge in [-0.05, 0) is 0 Å². The number of aliphatic hydroxyl groups is 3. The summed E-state index contributed by atoms with van der Waals surface area (Å²) in [7, 11) is -4.95. The summed E-state index contributed by atoms with van der Waals surface area (Å²) in [4.78, 5) is 16.9. The molecule has 1 heterocycles. The summed E-state index contributed by atoms with van der Waals surface area (Å²) in [5.74, 6) is 0. The van der Waals surface area contributed by atoms with E-state index in [0.29, 0.717) is 0 Å². The minimum atomic E-state index is -4.95. The van der Waals surface area contributed by atoms with Crippen LogP contribution >= 0.6 is 7.82 Å². The van der Waals surface area contributed by atoms with Crippen molar-refractivity contribution >= 4 is 7.82 Å². The Labute approximate surface area is 89.5 Å². The summed E-state index contributed by atoms with van der Waals surface area (Å²) in [5.41, 5.74) is 0. The van der Waals surface area contributed by atoms with E-state index in [9.17, 15) is 14.1 Å². The van der Waals surface area contributed by atoms with Gasteiger partial charge in [-0.15, -0.1) is 0 Å². The molecule has 1 saturated heterocycles. The molecular formula is C6H12FO8P. The topological polar surface area (TPSA) is 137 Å². The number of halogens is 1. The predicted octanol–water partition coefficient (Wildman–Crippen LogP) is -2.13. The highest BCUT2D eigenvalue weighted by molar-refractivity contribution is 7.46. The van der Waals surface area contributed by atoms with Crippen molar-refractivity contribution in [3.8, 4) is 0 Å². The van der Waals surface area contributed by atoms with E-state index in [0.717, 1.165) is 0 Å². The molecule has 0 bridgehead atoms. The van der Waals surface area contributed by atoms with E-state index in [-0.39, 0.29) is 0 Å². The lowest BCUT2D eigenvalue weighted by atomic mass is 10.0. The van der Waals surface area contributed by atoms with Gasteiger partial charge in [-0.3, -0.25) is 4.52 Å². The van der Waals surface area contributed by atoms with Crippen molar-refractivity contribution in [3.63, 3.8) is 0 Å². The van der Waals surface area contributed by atoms with Crippen molar-refractivity contribution in [3.05, 3.63) is 0 Å². The third-order valence-corrected chi connectivity index (χ3v) is 2.52. The number of ether oxygens (including phenoxy) is 1. The molecular weight excluding hydrogens is 250 g/mol. The highest BCUT2D eigenvalue weighted by Gasteiger charge is 2.47. The van der Waals surface area contributed by atoms with Crippen LogP contribution in [-0.4, -0.2) is 62.5 Å². The number of alkyl halides is 1. The second-order valence-corrected chi connectivity index (χ2v) is 4.44. The Kier molecular flexibility index (Phi) is 4.38. The predicted molar refractivity (Wildman–Crippen MR) is 45.8 cm³/mol. The van der Waals surface area contributed by atoms with E-state index in [1.807, 2.05) is 0 Å². The molecule has 1 fully saturated rings. The third-order valence-electron chi connectivity index (χ3n) is 2.04. The fourth-order valence-corrected chi connectivity index (χ4v) is 1.71. The van der Waals surface area contributed by atoms with Crippen LogP contribution in [0.2, 0.25) is 0 Å². The molecule has 0 aromatic carbocycles. The first-order valence-electron chi connectivity index (χ1n) is 4.26. The summed E-state index contributed by atoms with van der Waals surface area (Å²) < 4.78 is 32.2. The maximum atomic E-state index is 13.2. The molecule has 1 aliphatic rings. The quantitative estimate of drug-likeness (QED) is 0.364. The lowest BCUT2D eigenvalue weighted by Crippen LogP contribution is -2.57. The number of aliphatic hydroxyl groups excluding tert-OH is 3. The summed E-state index contributed by atoms with van der Waals surface area (Å²) >= 11 is 0. The van der Waals surface area contributed by atoms with Crippen molar-refractivity contribution in [2.45, 2.75) is 30.8 Å². The van der Waals surface area contributed by atoms with Crippen LogP contribution in [0.1, 0.15) is 0 Å². The Morgan fingerprint density at radius 3 is 2.31 bits per heavy atom. The van der Waals surface area contributed by atoms with Crippen LogP contribution in [0.3, 0.4) is 0 Å². The average Bonchev–Trinajstić information content (AvgIpc) is 2.17. The molecule has 8 nitrogen and oxygen atoms in total. The van der Waals surface area contributed by atoms with E-state index in [1.165, 1.54) is 0 Å². The number of phosphoric acid groups is 1. The van der Waals surface area contributed by atoms with Gasteiger partial charge < -0.3 is 29.8 Å². The van der Waals surface area contributed by atoms with Gasteiger partial charge in [0, 0.05) is 0 Å². The molecule has 5 atom stereocenters. The molecule has 5 N–H and O–H groups in total. The summed E-state index contributed by atoms with van der Waals surface area (Å²) in [6.45, 7) is -0.827. The van der Waals surface area contributed by atoms with E-state index < -0.39 is 45.2 Å². The molecule has 0 amide bonds. The Balaban J connectivity index is 2.75. The van der Waals surface area contributed by atoms with Crippen molar-refractivity contribution in [1.29, 1.82) is 0 Å². The molecule has 0 radical (unpaired) electrons. The van der Waals surface area contributed by atoms with Crippen molar-refractivity contribution in [1.82, 2.24) is 0 Å². The molecule has 96 valence electrons. The van der Waals surface area contributed by atoms with Crippen LogP contribution in [0.5, 0.6) is 0 Å². The largest absolute Gasteiger partial charge is 0.472 e. The lowest BCUT2D eigenvalue weighted by Gasteiger charge is -2.38. The Morgan fingerprint density at radius 2 is 1.88 bits per heavy atom. The van der Waals surface area contributed by atoms with Gasteiger partial charge >= 0.3 is 7.82 Å². The molecule has 0 unspecified atom stereocenters. The third kappa shape index (κ3) is 3.19. The molecule has 1 rings (SSSR count). The van der Waals surface area contributed by atoms with Crippen molar-refractivity contribution in [2.75, 3.05) is 6.61 Å². The molecule has 0 aromatic rings. The van der Waals surface area contributed by atoms with E-state index >= 15 is 0 Å². The molecule has 0 spiro atoms. The summed E-state index contributed by atoms with van der Waals surface area (Å²) in [6.07, 6.45) is -9.40. The summed E-state index contributed by atoms with van der Waals surface area (Å²) in [5, 5.41) is 27.1. The molecule has 0 aliphatic carbocycles. The smallest absolute Gasteiger partial charge is 0.394 e. The number of hydrogen-bond donors (Lipinski definition) is 5. The second-order valence-electron chi connectivity index (χ2n) is 3.25. The van der Waals surface area contributed by atoms with Crippen LogP contribution in [0, 0.1) is 0 Å². The number of hydrogen-bond acceptors (Lipinski definition) is 6. The van der Waals surface area contributed by atoms with E-state index in [4.69, 9.17) is 20.0 Å². The first-order valence-corrected chi connectivity index (χ1v) is 5.79. The van der Waals surface area contributed by atoms with Crippen LogP contribution in [0.15, 0.2) is 0 Å². The molecule has 0 aromatic heterocycles. The van der Waals surface area contributed by atoms with Crippen LogP contribution in [0.25, 0.3) is 0 Å². The Bertz CT molecular complexity index is 280. The standard InChI is InChI=1S/C6H12FO8P/c7-3-2(1-8)14-6(5(10)4(3)9)15-16(11,12)13/h2-6,8-10H,1H2,(H2,11,12,13)/t2-,3+,4+,5-,6-/m1/s1. The normalized spacial score (nSPS) is 41.0. The lowest BCUT2D eigenvalue weighted by molar-refractivity contribution is -0.268. The van der Waals surface area contributed by atoms with E-state index in [1.54, 1.807) is 0 Å². The zero-order valence-corrected chi connectivity index (χ0v) is 8.77. The highest BCUT2D eigenvalue weighted by Crippen LogP contribution is 2.40. The second kappa shape index (κ2) is 5.03. The monoisotopic (exact) mass is 262 g/mol. The first-order chi connectivity index (χ1) is 7.26. The van der Waals surface area contributed by atoms with Gasteiger partial charge in [-0.2, -0.15) is 0 Å². The SMILES string of the molecule is O=P(O)(O)O[C@H]1O[C@H](CO)[C@H](F)[C@H](O)[C@H]1O. The van der Waals surface area contributed by atoms with Crippen molar-refractivity contribution in [2.24, 2.45) is 0 Å². The van der Waals surface area contributed by atoms with Crippen LogP contribution in [0.4, 0.5) is 4.39 Å². The molecule has 16 heavy (non-hydrogen) atoms. The fourth-order valence-electron chi connectivity index (χ4n) is 1.26. The van der Waals surface area contributed by atoms with Gasteiger partial charge in [0.2, 0.25) is 0 Å². The minimum absolute atomic E-state index is 0.827. The van der Waals surface area contributed by atoms with Crippen LogP contribution in [-0.2, 0) is 13.8 Å². The minimum Gasteiger partial charge on any atom is -0.394 e. The van der Waals surface area contributed by atoms with Gasteiger partial charge in [0.1, 0.15) is 18.3 Å². The molecule has 0 saturated carbocycles. The molecule has 10 heteroatoms. The molecule has 1 aliphatic heterocycles. The Hall–Kier alpha value is -0.120. The number of rotatable bonds is 3. The maximum Gasteiger partial charge on any atom is 0.472 e. The summed E-state index contributed by atoms with van der Waals surface area (Å²) in [6, 6.07) is 0. The van der Waals surface area contributed by atoms with Gasteiger partial charge in [-0.1, -0.05) is 0 Å². The van der Waals surface area contributed by atoms with Gasteiger partial charge in [0.25, 0.3) is 0 Å². The zero-order chi connectivity index (χ0) is 12.5. The van der Waals surface area contributed by atoms with Gasteiger partial charge in [-0.25, -0.2) is 8.96 Å². The Morgan fingerprint density at radius 1 is 1.31 bits per heavy atom. The van der Waals surface area contributed by atoms with Gasteiger partial charge in [0.15, 0.2) is 12.5 Å². The van der Waals surface area contributed by atoms with Crippen molar-refractivity contribution < 1.29 is 43.3 Å². The van der Waals surface area contributed by atoms with Gasteiger partial charge in [0.05, 0.1) is 6.61 Å². The first kappa shape index (κ1) is 13.9. The average molecular weight is 262 g/mol. The zero-order valence-electron chi connectivity index (χ0n) is 7.88. The number of phosphoric ester groups is 1.